The summed E-state index contributed by atoms with van der Waals surface area (Å²) in [6, 6.07) is 13.4. The van der Waals surface area contributed by atoms with Gasteiger partial charge in [0.05, 0.1) is 12.6 Å². The largest absolute Gasteiger partial charge is 0.464 e. The van der Waals surface area contributed by atoms with Crippen molar-refractivity contribution in [3.63, 3.8) is 0 Å². The number of benzene rings is 1. The van der Waals surface area contributed by atoms with E-state index >= 15 is 0 Å². The summed E-state index contributed by atoms with van der Waals surface area (Å²) in [6.45, 7) is 2.34. The van der Waals surface area contributed by atoms with Crippen LogP contribution in [-0.2, 0) is 17.8 Å². The third-order valence-corrected chi connectivity index (χ3v) is 3.47. The van der Waals surface area contributed by atoms with Crippen molar-refractivity contribution in [1.82, 2.24) is 4.90 Å². The summed E-state index contributed by atoms with van der Waals surface area (Å²) in [7, 11) is 1.75. The monoisotopic (exact) mass is 286 g/mol. The van der Waals surface area contributed by atoms with E-state index in [9.17, 15) is 4.79 Å². The van der Waals surface area contributed by atoms with Gasteiger partial charge in [-0.05, 0) is 37.5 Å². The average molecular weight is 286 g/mol. The Labute approximate surface area is 125 Å². The van der Waals surface area contributed by atoms with E-state index in [0.29, 0.717) is 13.0 Å². The smallest absolute Gasteiger partial charge is 0.239 e. The summed E-state index contributed by atoms with van der Waals surface area (Å²) >= 11 is 0. The molecule has 4 nitrogen and oxygen atoms in total. The Hall–Kier alpha value is -2.07. The maximum absolute atomic E-state index is 12.2. The lowest BCUT2D eigenvalue weighted by atomic mass is 10.1. The summed E-state index contributed by atoms with van der Waals surface area (Å²) in [5, 5.41) is 0. The van der Waals surface area contributed by atoms with Crippen LogP contribution in [0.3, 0.4) is 0 Å². The summed E-state index contributed by atoms with van der Waals surface area (Å²) in [4.78, 5) is 13.9. The first-order valence-corrected chi connectivity index (χ1v) is 7.16. The Morgan fingerprint density at radius 2 is 1.95 bits per heavy atom. The van der Waals surface area contributed by atoms with Crippen molar-refractivity contribution in [3.05, 3.63) is 59.5 Å². The zero-order valence-electron chi connectivity index (χ0n) is 12.6. The first-order chi connectivity index (χ1) is 10.1. The number of likely N-dealkylation sites (N-methyl/N-ethyl adjacent to an activating group) is 1. The third kappa shape index (κ3) is 4.46. The maximum Gasteiger partial charge on any atom is 0.239 e. The third-order valence-electron chi connectivity index (χ3n) is 3.47. The van der Waals surface area contributed by atoms with Crippen molar-refractivity contribution in [3.8, 4) is 0 Å². The lowest BCUT2D eigenvalue weighted by Crippen LogP contribution is -2.41. The van der Waals surface area contributed by atoms with Gasteiger partial charge in [0.25, 0.3) is 0 Å². The molecule has 1 atom stereocenters. The molecule has 0 bridgehead atoms. The minimum atomic E-state index is -0.480. The molecule has 0 spiro atoms. The minimum absolute atomic E-state index is 0.0556. The highest BCUT2D eigenvalue weighted by Gasteiger charge is 2.18. The highest BCUT2D eigenvalue weighted by Crippen LogP contribution is 2.10. The molecule has 0 aliphatic heterocycles. The Balaban J connectivity index is 1.83. The van der Waals surface area contributed by atoms with Gasteiger partial charge in [-0.1, -0.05) is 30.3 Å². The molecule has 112 valence electrons. The predicted octanol–water partition coefficient (Wildman–Crippen LogP) is 2.51. The number of furan rings is 1. The van der Waals surface area contributed by atoms with Gasteiger partial charge in [0.1, 0.15) is 11.5 Å². The van der Waals surface area contributed by atoms with Crippen LogP contribution in [0.1, 0.15) is 23.5 Å². The molecule has 1 heterocycles. The van der Waals surface area contributed by atoms with Crippen LogP contribution in [0.15, 0.2) is 46.9 Å². The van der Waals surface area contributed by atoms with Crippen molar-refractivity contribution < 1.29 is 9.21 Å². The lowest BCUT2D eigenvalue weighted by Gasteiger charge is -2.20. The van der Waals surface area contributed by atoms with Gasteiger partial charge in [-0.2, -0.15) is 0 Å². The molecule has 2 N–H and O–H groups in total. The standard InChI is InChI=1S/C17H22N2O2/c1-13-8-10-15(21-13)12-19(2)17(20)16(18)11-9-14-6-4-3-5-7-14/h3-8,10,16H,9,11-12,18H2,1-2H3. The molecule has 1 aromatic carbocycles. The van der Waals surface area contributed by atoms with E-state index in [4.69, 9.17) is 10.2 Å². The highest BCUT2D eigenvalue weighted by molar-refractivity contribution is 5.81. The van der Waals surface area contributed by atoms with Gasteiger partial charge in [-0.15, -0.1) is 0 Å². The summed E-state index contributed by atoms with van der Waals surface area (Å²) < 4.78 is 5.48. The van der Waals surface area contributed by atoms with E-state index in [1.807, 2.05) is 49.4 Å². The van der Waals surface area contributed by atoms with Gasteiger partial charge in [-0.25, -0.2) is 0 Å². The molecule has 4 heteroatoms. The molecule has 21 heavy (non-hydrogen) atoms. The number of carbonyl (C=O) groups excluding carboxylic acids is 1. The van der Waals surface area contributed by atoms with E-state index in [-0.39, 0.29) is 5.91 Å². The maximum atomic E-state index is 12.2. The molecule has 1 aromatic heterocycles. The molecule has 1 unspecified atom stereocenters. The van der Waals surface area contributed by atoms with E-state index < -0.39 is 6.04 Å². The fourth-order valence-electron chi connectivity index (χ4n) is 2.26. The van der Waals surface area contributed by atoms with Crippen LogP contribution >= 0.6 is 0 Å². The topological polar surface area (TPSA) is 59.5 Å². The van der Waals surface area contributed by atoms with Crippen LogP contribution < -0.4 is 5.73 Å². The second-order valence-electron chi connectivity index (χ2n) is 5.34. The molecule has 0 radical (unpaired) electrons. The van der Waals surface area contributed by atoms with Crippen LogP contribution in [0, 0.1) is 6.92 Å². The van der Waals surface area contributed by atoms with E-state index in [1.54, 1.807) is 11.9 Å². The number of rotatable bonds is 6. The Kier molecular flexibility index (Phi) is 5.17. The summed E-state index contributed by atoms with van der Waals surface area (Å²) in [5.41, 5.74) is 7.20. The molecular formula is C17H22N2O2. The normalized spacial score (nSPS) is 12.1. The van der Waals surface area contributed by atoms with Crippen molar-refractivity contribution in [2.75, 3.05) is 7.05 Å². The van der Waals surface area contributed by atoms with Crippen LogP contribution in [-0.4, -0.2) is 23.9 Å². The number of aryl methyl sites for hydroxylation is 2. The van der Waals surface area contributed by atoms with Gasteiger partial charge >= 0.3 is 0 Å². The van der Waals surface area contributed by atoms with Crippen LogP contribution in [0.5, 0.6) is 0 Å². The van der Waals surface area contributed by atoms with Crippen LogP contribution in [0.25, 0.3) is 0 Å². The Bertz CT molecular complexity index is 577. The summed E-state index contributed by atoms with van der Waals surface area (Å²) in [6.07, 6.45) is 1.45. The zero-order valence-corrected chi connectivity index (χ0v) is 12.6. The first kappa shape index (κ1) is 15.3. The van der Waals surface area contributed by atoms with Gasteiger partial charge in [0.2, 0.25) is 5.91 Å². The number of amides is 1. The molecule has 0 aliphatic rings. The molecule has 0 aliphatic carbocycles. The SMILES string of the molecule is Cc1ccc(CN(C)C(=O)C(N)CCc2ccccc2)o1. The van der Waals surface area contributed by atoms with Crippen molar-refractivity contribution >= 4 is 5.91 Å². The van der Waals surface area contributed by atoms with Crippen LogP contribution in [0.2, 0.25) is 0 Å². The number of nitrogens with zero attached hydrogens (tertiary/aromatic N) is 1. The molecular weight excluding hydrogens is 264 g/mol. The van der Waals surface area contributed by atoms with E-state index in [0.717, 1.165) is 17.9 Å². The molecule has 0 fully saturated rings. The number of hydrogen-bond donors (Lipinski definition) is 1. The fourth-order valence-corrected chi connectivity index (χ4v) is 2.26. The Morgan fingerprint density at radius 3 is 2.57 bits per heavy atom. The minimum Gasteiger partial charge on any atom is -0.464 e. The quantitative estimate of drug-likeness (QED) is 0.887. The van der Waals surface area contributed by atoms with Gasteiger partial charge in [0.15, 0.2) is 0 Å². The lowest BCUT2D eigenvalue weighted by molar-refractivity contribution is -0.132. The summed E-state index contributed by atoms with van der Waals surface area (Å²) in [5.74, 6) is 1.57. The zero-order chi connectivity index (χ0) is 15.2. The second-order valence-corrected chi connectivity index (χ2v) is 5.34. The van der Waals surface area contributed by atoms with Gasteiger partial charge in [-0.3, -0.25) is 4.79 Å². The highest BCUT2D eigenvalue weighted by atomic mass is 16.3. The second kappa shape index (κ2) is 7.09. The fraction of sp³-hybridized carbons (Fsp3) is 0.353. The van der Waals surface area contributed by atoms with E-state index in [2.05, 4.69) is 0 Å². The Morgan fingerprint density at radius 1 is 1.24 bits per heavy atom. The van der Waals surface area contributed by atoms with Crippen molar-refractivity contribution in [2.24, 2.45) is 5.73 Å². The number of carbonyl (C=O) groups is 1. The molecule has 1 amide bonds. The van der Waals surface area contributed by atoms with E-state index in [1.165, 1.54) is 5.56 Å². The molecule has 0 saturated heterocycles. The van der Waals surface area contributed by atoms with Crippen LogP contribution in [0.4, 0.5) is 0 Å². The van der Waals surface area contributed by atoms with Crippen molar-refractivity contribution in [1.29, 1.82) is 0 Å². The van der Waals surface area contributed by atoms with Gasteiger partial charge < -0.3 is 15.1 Å². The average Bonchev–Trinajstić information content (AvgIpc) is 2.90. The molecule has 2 aromatic rings. The first-order valence-electron chi connectivity index (χ1n) is 7.16. The van der Waals surface area contributed by atoms with Crippen molar-refractivity contribution in [2.45, 2.75) is 32.4 Å². The number of nitrogens with two attached hydrogens (primary N) is 1. The van der Waals surface area contributed by atoms with Gasteiger partial charge in [0, 0.05) is 7.05 Å². The molecule has 2 rings (SSSR count). The molecule has 0 saturated carbocycles. The number of hydrogen-bond acceptors (Lipinski definition) is 3. The predicted molar refractivity (Wildman–Crippen MR) is 82.7 cm³/mol.